The van der Waals surface area contributed by atoms with Crippen LogP contribution in [0.4, 0.5) is 13.2 Å². The highest BCUT2D eigenvalue weighted by Gasteiger charge is 2.31. The van der Waals surface area contributed by atoms with Crippen molar-refractivity contribution in [3.05, 3.63) is 33.3 Å². The van der Waals surface area contributed by atoms with E-state index in [0.717, 1.165) is 3.57 Å². The number of benzene rings is 1. The minimum Gasteiger partial charge on any atom is -0.406 e. The molecule has 0 aliphatic carbocycles. The van der Waals surface area contributed by atoms with Gasteiger partial charge in [0.15, 0.2) is 0 Å². The molecule has 0 bridgehead atoms. The summed E-state index contributed by atoms with van der Waals surface area (Å²) in [5.74, 6) is 0.313. The van der Waals surface area contributed by atoms with Gasteiger partial charge < -0.3 is 9.84 Å². The van der Waals surface area contributed by atoms with E-state index in [1.54, 1.807) is 6.92 Å². The third-order valence-electron chi connectivity index (χ3n) is 1.87. The second-order valence-electron chi connectivity index (χ2n) is 3.13. The first-order chi connectivity index (χ1) is 7.33. The van der Waals surface area contributed by atoms with Crippen LogP contribution in [0.1, 0.15) is 12.5 Å². The predicted molar refractivity (Wildman–Crippen MR) is 60.9 cm³/mol. The fraction of sp³-hybridized carbons (Fsp3) is 0.300. The molecule has 0 saturated carbocycles. The van der Waals surface area contributed by atoms with Crippen LogP contribution in [-0.4, -0.2) is 18.1 Å². The fourth-order valence-electron chi connectivity index (χ4n) is 1.11. The number of halogens is 4. The van der Waals surface area contributed by atoms with Crippen LogP contribution in [-0.2, 0) is 0 Å². The van der Waals surface area contributed by atoms with Crippen molar-refractivity contribution in [3.8, 4) is 5.75 Å². The average Bonchev–Trinajstić information content (AvgIpc) is 2.18. The van der Waals surface area contributed by atoms with Crippen molar-refractivity contribution in [3.63, 3.8) is 0 Å². The van der Waals surface area contributed by atoms with Crippen LogP contribution in [0.15, 0.2) is 18.2 Å². The summed E-state index contributed by atoms with van der Waals surface area (Å²) >= 11 is 1.98. The van der Waals surface area contributed by atoms with E-state index in [1.807, 2.05) is 22.6 Å². The summed E-state index contributed by atoms with van der Waals surface area (Å²) in [4.78, 5) is 0. The van der Waals surface area contributed by atoms with Gasteiger partial charge >= 0.3 is 6.36 Å². The topological polar surface area (TPSA) is 29.5 Å². The maximum absolute atomic E-state index is 12.0. The largest absolute Gasteiger partial charge is 0.573 e. The molecule has 0 amide bonds. The molecule has 1 aromatic rings. The average molecular weight is 345 g/mol. The van der Waals surface area contributed by atoms with Crippen molar-refractivity contribution in [2.24, 2.45) is 0 Å². The van der Waals surface area contributed by atoms with Crippen molar-refractivity contribution in [1.82, 2.24) is 0 Å². The minimum atomic E-state index is -4.70. The maximum atomic E-state index is 12.0. The molecular formula is C10H9F3IO2. The molecule has 0 aliphatic rings. The lowest BCUT2D eigenvalue weighted by Gasteiger charge is -2.14. The first-order valence-electron chi connectivity index (χ1n) is 4.32. The van der Waals surface area contributed by atoms with Crippen molar-refractivity contribution in [1.29, 1.82) is 0 Å². The standard InChI is InChI=1S/C10H9F3IO2/c1-6(5-15)8-4-7(2-3-9(8)14)16-10(11,12)13/h2-4,15H,5H2,1H3. The molecule has 1 aromatic carbocycles. The van der Waals surface area contributed by atoms with Gasteiger partial charge in [0.05, 0.1) is 6.61 Å². The van der Waals surface area contributed by atoms with Crippen LogP contribution >= 0.6 is 22.6 Å². The molecule has 0 heterocycles. The Morgan fingerprint density at radius 2 is 2.06 bits per heavy atom. The quantitative estimate of drug-likeness (QED) is 0.853. The SMILES string of the molecule is C[C](CO)c1cc(OC(F)(F)F)ccc1I. The highest BCUT2D eigenvalue weighted by Crippen LogP contribution is 2.28. The highest BCUT2D eigenvalue weighted by atomic mass is 127. The van der Waals surface area contributed by atoms with Gasteiger partial charge in [0, 0.05) is 9.49 Å². The molecule has 0 aromatic heterocycles. The van der Waals surface area contributed by atoms with Gasteiger partial charge in [0.25, 0.3) is 0 Å². The Bertz CT molecular complexity index is 366. The summed E-state index contributed by atoms with van der Waals surface area (Å²) in [7, 11) is 0. The lowest BCUT2D eigenvalue weighted by molar-refractivity contribution is -0.274. The smallest absolute Gasteiger partial charge is 0.406 e. The molecule has 0 fully saturated rings. The lowest BCUT2D eigenvalue weighted by atomic mass is 10.0. The molecule has 16 heavy (non-hydrogen) atoms. The zero-order chi connectivity index (χ0) is 12.3. The van der Waals surface area contributed by atoms with Gasteiger partial charge in [-0.1, -0.05) is 6.92 Å². The van der Waals surface area contributed by atoms with E-state index in [4.69, 9.17) is 5.11 Å². The second-order valence-corrected chi connectivity index (χ2v) is 4.29. The van der Waals surface area contributed by atoms with Gasteiger partial charge in [0.1, 0.15) is 5.75 Å². The Hall–Kier alpha value is -0.500. The molecule has 1 N–H and O–H groups in total. The Labute approximate surface area is 105 Å². The van der Waals surface area contributed by atoms with E-state index in [0.29, 0.717) is 11.5 Å². The van der Waals surface area contributed by atoms with E-state index >= 15 is 0 Å². The Morgan fingerprint density at radius 3 is 2.56 bits per heavy atom. The van der Waals surface area contributed by atoms with Crippen molar-refractivity contribution < 1.29 is 23.0 Å². The molecule has 0 saturated heterocycles. The molecule has 0 spiro atoms. The van der Waals surface area contributed by atoms with Gasteiger partial charge in [-0.05, 0) is 46.4 Å². The molecule has 0 unspecified atom stereocenters. The summed E-state index contributed by atoms with van der Waals surface area (Å²) in [6.45, 7) is 1.44. The van der Waals surface area contributed by atoms with E-state index in [-0.39, 0.29) is 12.4 Å². The zero-order valence-corrected chi connectivity index (χ0v) is 10.5. The fourth-order valence-corrected chi connectivity index (χ4v) is 1.91. The molecule has 1 rings (SSSR count). The van der Waals surface area contributed by atoms with Crippen LogP contribution < -0.4 is 4.74 Å². The summed E-state index contributed by atoms with van der Waals surface area (Å²) < 4.78 is 40.5. The summed E-state index contributed by atoms with van der Waals surface area (Å²) in [5, 5.41) is 8.93. The zero-order valence-electron chi connectivity index (χ0n) is 8.31. The normalized spacial score (nSPS) is 11.9. The van der Waals surface area contributed by atoms with Crippen molar-refractivity contribution in [2.45, 2.75) is 13.3 Å². The van der Waals surface area contributed by atoms with Crippen molar-refractivity contribution >= 4 is 22.6 Å². The number of rotatable bonds is 3. The van der Waals surface area contributed by atoms with Gasteiger partial charge in [-0.3, -0.25) is 0 Å². The highest BCUT2D eigenvalue weighted by molar-refractivity contribution is 14.1. The van der Waals surface area contributed by atoms with Gasteiger partial charge in [-0.2, -0.15) is 0 Å². The summed E-state index contributed by atoms with van der Waals surface area (Å²) in [5.41, 5.74) is 0.560. The van der Waals surface area contributed by atoms with Gasteiger partial charge in [0.2, 0.25) is 0 Å². The van der Waals surface area contributed by atoms with E-state index in [2.05, 4.69) is 4.74 Å². The number of aliphatic hydroxyl groups is 1. The molecule has 6 heteroatoms. The van der Waals surface area contributed by atoms with Crippen molar-refractivity contribution in [2.75, 3.05) is 6.61 Å². The second kappa shape index (κ2) is 5.22. The number of hydrogen-bond donors (Lipinski definition) is 1. The lowest BCUT2D eigenvalue weighted by Crippen LogP contribution is -2.17. The first-order valence-corrected chi connectivity index (χ1v) is 5.40. The Morgan fingerprint density at radius 1 is 1.44 bits per heavy atom. The van der Waals surface area contributed by atoms with E-state index in [9.17, 15) is 13.2 Å². The van der Waals surface area contributed by atoms with Crippen LogP contribution in [0.2, 0.25) is 0 Å². The molecule has 89 valence electrons. The first kappa shape index (κ1) is 13.6. The van der Waals surface area contributed by atoms with Crippen LogP contribution in [0.3, 0.4) is 0 Å². The number of ether oxygens (including phenoxy) is 1. The Balaban J connectivity index is 2.98. The molecular weight excluding hydrogens is 336 g/mol. The van der Waals surface area contributed by atoms with Crippen LogP contribution in [0.5, 0.6) is 5.75 Å². The Kier molecular flexibility index (Phi) is 4.43. The summed E-state index contributed by atoms with van der Waals surface area (Å²) in [6.07, 6.45) is -4.70. The van der Waals surface area contributed by atoms with Crippen LogP contribution in [0, 0.1) is 9.49 Å². The monoisotopic (exact) mass is 345 g/mol. The van der Waals surface area contributed by atoms with Gasteiger partial charge in [-0.15, -0.1) is 13.2 Å². The molecule has 2 nitrogen and oxygen atoms in total. The maximum Gasteiger partial charge on any atom is 0.573 e. The number of aliphatic hydroxyl groups excluding tert-OH is 1. The third kappa shape index (κ3) is 3.82. The number of alkyl halides is 3. The van der Waals surface area contributed by atoms with Gasteiger partial charge in [-0.25, -0.2) is 0 Å². The number of hydrogen-bond acceptors (Lipinski definition) is 2. The predicted octanol–water partition coefficient (Wildman–Crippen LogP) is 3.12. The van der Waals surface area contributed by atoms with Crippen LogP contribution in [0.25, 0.3) is 0 Å². The van der Waals surface area contributed by atoms with E-state index in [1.165, 1.54) is 18.2 Å². The summed E-state index contributed by atoms with van der Waals surface area (Å²) in [6, 6.07) is 4.01. The van der Waals surface area contributed by atoms with E-state index < -0.39 is 6.36 Å². The molecule has 1 radical (unpaired) electrons. The minimum absolute atomic E-state index is 0.203. The molecule has 0 aliphatic heterocycles. The molecule has 0 atom stereocenters. The third-order valence-corrected chi connectivity index (χ3v) is 2.81.